The third-order valence-electron chi connectivity index (χ3n) is 3.77. The van der Waals surface area contributed by atoms with Crippen LogP contribution in [0.15, 0.2) is 6.07 Å². The van der Waals surface area contributed by atoms with E-state index < -0.39 is 0 Å². The Morgan fingerprint density at radius 2 is 2.11 bits per heavy atom. The van der Waals surface area contributed by atoms with Gasteiger partial charge in [0.1, 0.15) is 0 Å². The smallest absolute Gasteiger partial charge is 0.0469 e. The number of hydrogen-bond acceptors (Lipinski definition) is 3. The van der Waals surface area contributed by atoms with Crippen molar-refractivity contribution in [3.8, 4) is 0 Å². The van der Waals surface area contributed by atoms with E-state index in [9.17, 15) is 0 Å². The molecule has 2 heterocycles. The van der Waals surface area contributed by atoms with Crippen molar-refractivity contribution < 1.29 is 4.74 Å². The average molecular weight is 267 g/mol. The van der Waals surface area contributed by atoms with Gasteiger partial charge in [-0.15, -0.1) is 11.3 Å². The molecule has 1 aliphatic rings. The average Bonchev–Trinajstić information content (AvgIpc) is 2.70. The fourth-order valence-corrected chi connectivity index (χ4v) is 3.81. The molecule has 1 aromatic heterocycles. The summed E-state index contributed by atoms with van der Waals surface area (Å²) in [5, 5.41) is 3.76. The standard InChI is InChI=1S/C15H25NOS/c1-4-7-16-15(13-5-8-17-9-6-13)14-10-11(2)18-12(14)3/h10,13,15-16H,4-9H2,1-3H3. The maximum absolute atomic E-state index is 5.50. The topological polar surface area (TPSA) is 21.3 Å². The highest BCUT2D eigenvalue weighted by Gasteiger charge is 2.26. The Morgan fingerprint density at radius 1 is 1.39 bits per heavy atom. The molecule has 1 unspecified atom stereocenters. The van der Waals surface area contributed by atoms with Crippen molar-refractivity contribution in [3.05, 3.63) is 21.4 Å². The Morgan fingerprint density at radius 3 is 2.67 bits per heavy atom. The first kappa shape index (κ1) is 14.0. The Hall–Kier alpha value is -0.380. The van der Waals surface area contributed by atoms with Crippen molar-refractivity contribution in [2.45, 2.75) is 46.1 Å². The molecule has 2 nitrogen and oxygen atoms in total. The van der Waals surface area contributed by atoms with Crippen LogP contribution in [0, 0.1) is 19.8 Å². The lowest BCUT2D eigenvalue weighted by molar-refractivity contribution is 0.0536. The molecule has 0 radical (unpaired) electrons. The van der Waals surface area contributed by atoms with Gasteiger partial charge >= 0.3 is 0 Å². The second-order valence-electron chi connectivity index (χ2n) is 5.25. The van der Waals surface area contributed by atoms with Gasteiger partial charge in [0.25, 0.3) is 0 Å². The van der Waals surface area contributed by atoms with E-state index >= 15 is 0 Å². The molecule has 0 spiro atoms. The van der Waals surface area contributed by atoms with E-state index in [4.69, 9.17) is 4.74 Å². The highest BCUT2D eigenvalue weighted by Crippen LogP contribution is 2.35. The van der Waals surface area contributed by atoms with E-state index in [1.165, 1.54) is 34.6 Å². The lowest BCUT2D eigenvalue weighted by Gasteiger charge is -2.31. The zero-order valence-electron chi connectivity index (χ0n) is 11.8. The second-order valence-corrected chi connectivity index (χ2v) is 6.71. The minimum atomic E-state index is 0.527. The van der Waals surface area contributed by atoms with Crippen LogP contribution in [0.2, 0.25) is 0 Å². The highest BCUT2D eigenvalue weighted by atomic mass is 32.1. The third kappa shape index (κ3) is 3.34. The molecular weight excluding hydrogens is 242 g/mol. The first-order valence-corrected chi connectivity index (χ1v) is 7.92. The Kier molecular flexibility index (Phi) is 5.22. The molecule has 1 atom stereocenters. The summed E-state index contributed by atoms with van der Waals surface area (Å²) in [4.78, 5) is 2.91. The molecule has 1 aromatic rings. The molecule has 102 valence electrons. The summed E-state index contributed by atoms with van der Waals surface area (Å²) in [5.41, 5.74) is 1.53. The molecule has 2 rings (SSSR count). The monoisotopic (exact) mass is 267 g/mol. The van der Waals surface area contributed by atoms with E-state index in [1.807, 2.05) is 11.3 Å². The van der Waals surface area contributed by atoms with Gasteiger partial charge in [-0.05, 0) is 57.2 Å². The molecule has 0 amide bonds. The van der Waals surface area contributed by atoms with Crippen molar-refractivity contribution in [2.75, 3.05) is 19.8 Å². The molecule has 0 aliphatic carbocycles. The fraction of sp³-hybridized carbons (Fsp3) is 0.733. The molecule has 0 aromatic carbocycles. The highest BCUT2D eigenvalue weighted by molar-refractivity contribution is 7.12. The molecule has 3 heteroatoms. The number of ether oxygens (including phenoxy) is 1. The number of rotatable bonds is 5. The largest absolute Gasteiger partial charge is 0.381 e. The third-order valence-corrected chi connectivity index (χ3v) is 4.75. The first-order valence-electron chi connectivity index (χ1n) is 7.10. The van der Waals surface area contributed by atoms with Gasteiger partial charge in [0.15, 0.2) is 0 Å². The van der Waals surface area contributed by atoms with Crippen molar-refractivity contribution >= 4 is 11.3 Å². The van der Waals surface area contributed by atoms with Crippen molar-refractivity contribution in [3.63, 3.8) is 0 Å². The van der Waals surface area contributed by atoms with E-state index in [2.05, 4.69) is 32.2 Å². The summed E-state index contributed by atoms with van der Waals surface area (Å²) in [6.07, 6.45) is 3.58. The zero-order chi connectivity index (χ0) is 13.0. The van der Waals surface area contributed by atoms with Gasteiger partial charge in [-0.1, -0.05) is 6.92 Å². The van der Waals surface area contributed by atoms with Crippen LogP contribution in [0.5, 0.6) is 0 Å². The quantitative estimate of drug-likeness (QED) is 0.875. The van der Waals surface area contributed by atoms with Gasteiger partial charge in [0, 0.05) is 29.0 Å². The van der Waals surface area contributed by atoms with Crippen molar-refractivity contribution in [2.24, 2.45) is 5.92 Å². The van der Waals surface area contributed by atoms with Crippen molar-refractivity contribution in [1.82, 2.24) is 5.32 Å². The second kappa shape index (κ2) is 6.69. The molecule has 1 N–H and O–H groups in total. The van der Waals surface area contributed by atoms with Gasteiger partial charge < -0.3 is 10.1 Å². The summed E-state index contributed by atoms with van der Waals surface area (Å²) < 4.78 is 5.50. The van der Waals surface area contributed by atoms with E-state index in [0.29, 0.717) is 6.04 Å². The molecular formula is C15H25NOS. The maximum atomic E-state index is 5.50. The number of hydrogen-bond donors (Lipinski definition) is 1. The van der Waals surface area contributed by atoms with Crippen LogP contribution >= 0.6 is 11.3 Å². The maximum Gasteiger partial charge on any atom is 0.0469 e. The lowest BCUT2D eigenvalue weighted by Crippen LogP contribution is -2.32. The molecule has 1 fully saturated rings. The van der Waals surface area contributed by atoms with E-state index in [1.54, 1.807) is 0 Å². The molecule has 1 saturated heterocycles. The molecule has 0 bridgehead atoms. The van der Waals surface area contributed by atoms with Gasteiger partial charge in [0.2, 0.25) is 0 Å². The summed E-state index contributed by atoms with van der Waals surface area (Å²) in [7, 11) is 0. The van der Waals surface area contributed by atoms with Crippen LogP contribution < -0.4 is 5.32 Å². The Labute approximate surface area is 115 Å². The predicted molar refractivity (Wildman–Crippen MR) is 78.4 cm³/mol. The minimum absolute atomic E-state index is 0.527. The fourth-order valence-electron chi connectivity index (χ4n) is 2.84. The summed E-state index contributed by atoms with van der Waals surface area (Å²) >= 11 is 1.92. The van der Waals surface area contributed by atoms with Gasteiger partial charge in [-0.3, -0.25) is 0 Å². The predicted octanol–water partition coefficient (Wildman–Crippen LogP) is 3.83. The van der Waals surface area contributed by atoms with Crippen molar-refractivity contribution in [1.29, 1.82) is 0 Å². The summed E-state index contributed by atoms with van der Waals surface area (Å²) in [6.45, 7) is 9.67. The lowest BCUT2D eigenvalue weighted by atomic mass is 9.87. The minimum Gasteiger partial charge on any atom is -0.381 e. The summed E-state index contributed by atoms with van der Waals surface area (Å²) in [6, 6.07) is 2.90. The SMILES string of the molecule is CCCNC(c1cc(C)sc1C)C1CCOCC1. The summed E-state index contributed by atoms with van der Waals surface area (Å²) in [5.74, 6) is 0.734. The van der Waals surface area contributed by atoms with Gasteiger partial charge in [-0.25, -0.2) is 0 Å². The van der Waals surface area contributed by atoms with Crippen LogP contribution in [0.4, 0.5) is 0 Å². The van der Waals surface area contributed by atoms with Crippen LogP contribution in [0.1, 0.15) is 47.5 Å². The number of aryl methyl sites for hydroxylation is 2. The Bertz CT molecular complexity index is 369. The van der Waals surface area contributed by atoms with Crippen LogP contribution in [0.3, 0.4) is 0 Å². The zero-order valence-corrected chi connectivity index (χ0v) is 12.6. The van der Waals surface area contributed by atoms with Gasteiger partial charge in [0.05, 0.1) is 0 Å². The first-order chi connectivity index (χ1) is 8.72. The van der Waals surface area contributed by atoms with E-state index in [-0.39, 0.29) is 0 Å². The molecule has 0 saturated carbocycles. The number of nitrogens with one attached hydrogen (secondary N) is 1. The van der Waals surface area contributed by atoms with E-state index in [0.717, 1.165) is 25.7 Å². The van der Waals surface area contributed by atoms with Crippen LogP contribution in [-0.2, 0) is 4.74 Å². The molecule has 1 aliphatic heterocycles. The van der Waals surface area contributed by atoms with Crippen LogP contribution in [-0.4, -0.2) is 19.8 Å². The van der Waals surface area contributed by atoms with Crippen LogP contribution in [0.25, 0.3) is 0 Å². The Balaban J connectivity index is 2.15. The molecule has 18 heavy (non-hydrogen) atoms. The normalized spacial score (nSPS) is 19.1. The van der Waals surface area contributed by atoms with Gasteiger partial charge in [-0.2, -0.15) is 0 Å². The number of thiophene rings is 1.